The molecule has 1 heterocycles. The van der Waals surface area contributed by atoms with E-state index in [1.54, 1.807) is 12.1 Å². The molecule has 2 aromatic rings. The number of carbonyl (C=O) groups excluding carboxylic acids is 1. The van der Waals surface area contributed by atoms with E-state index >= 15 is 0 Å². The third kappa shape index (κ3) is 5.79. The van der Waals surface area contributed by atoms with Crippen LogP contribution in [0.15, 0.2) is 42.5 Å². The highest BCUT2D eigenvalue weighted by atomic mass is 35.5. The molecule has 1 fully saturated rings. The largest absolute Gasteiger partial charge is 0.484 e. The molecule has 162 valence electrons. The minimum absolute atomic E-state index is 0.0259. The number of nitrogens with zero attached hydrogens (tertiary/aromatic N) is 2. The zero-order valence-electron chi connectivity index (χ0n) is 16.5. The van der Waals surface area contributed by atoms with E-state index in [0.717, 1.165) is 50.5 Å². The van der Waals surface area contributed by atoms with Crippen molar-refractivity contribution in [3.8, 4) is 5.75 Å². The van der Waals surface area contributed by atoms with Crippen LogP contribution in [0.5, 0.6) is 5.75 Å². The molecular weight excluding hydrogens is 419 g/mol. The van der Waals surface area contributed by atoms with Crippen molar-refractivity contribution < 1.29 is 22.7 Å². The van der Waals surface area contributed by atoms with E-state index in [1.165, 1.54) is 12.1 Å². The van der Waals surface area contributed by atoms with Crippen LogP contribution in [0.3, 0.4) is 0 Å². The van der Waals surface area contributed by atoms with Crippen LogP contribution in [0.1, 0.15) is 12.5 Å². The molecule has 0 aliphatic carbocycles. The van der Waals surface area contributed by atoms with Gasteiger partial charge >= 0.3 is 6.18 Å². The first kappa shape index (κ1) is 22.2. The van der Waals surface area contributed by atoms with Crippen LogP contribution in [0, 0.1) is 0 Å². The average molecular weight is 442 g/mol. The van der Waals surface area contributed by atoms with Gasteiger partial charge in [0.1, 0.15) is 5.75 Å². The van der Waals surface area contributed by atoms with Gasteiger partial charge in [-0.15, -0.1) is 0 Å². The van der Waals surface area contributed by atoms with Crippen LogP contribution in [0.4, 0.5) is 24.5 Å². The van der Waals surface area contributed by atoms with Crippen molar-refractivity contribution in [2.45, 2.75) is 13.1 Å². The summed E-state index contributed by atoms with van der Waals surface area (Å²) in [5, 5.41) is 3.24. The van der Waals surface area contributed by atoms with Gasteiger partial charge in [0.05, 0.1) is 16.9 Å². The lowest BCUT2D eigenvalue weighted by Gasteiger charge is -2.36. The summed E-state index contributed by atoms with van der Waals surface area (Å²) in [6.45, 7) is 6.17. The molecule has 0 atom stereocenters. The molecular formula is C21H23ClF3N3O2. The van der Waals surface area contributed by atoms with Crippen LogP contribution in [0.25, 0.3) is 0 Å². The highest BCUT2D eigenvalue weighted by Gasteiger charge is 2.30. The quantitative estimate of drug-likeness (QED) is 0.716. The fourth-order valence-electron chi connectivity index (χ4n) is 3.29. The Kier molecular flexibility index (Phi) is 7.10. The van der Waals surface area contributed by atoms with Crippen LogP contribution >= 0.6 is 11.6 Å². The summed E-state index contributed by atoms with van der Waals surface area (Å²) in [5.74, 6) is -0.509. The molecule has 30 heavy (non-hydrogen) atoms. The Bertz CT molecular complexity index is 884. The fraction of sp³-hybridized carbons (Fsp3) is 0.381. The summed E-state index contributed by atoms with van der Waals surface area (Å²) >= 11 is 6.10. The number of anilines is 2. The second-order valence-corrected chi connectivity index (χ2v) is 7.38. The molecule has 1 amide bonds. The first-order valence-corrected chi connectivity index (χ1v) is 10.0. The summed E-state index contributed by atoms with van der Waals surface area (Å²) in [7, 11) is 0. The predicted octanol–water partition coefficient (Wildman–Crippen LogP) is 4.52. The number of benzene rings is 2. The van der Waals surface area contributed by atoms with Crippen molar-refractivity contribution in [1.82, 2.24) is 4.90 Å². The molecule has 3 rings (SSSR count). The molecule has 1 aliphatic rings. The number of ether oxygens (including phenoxy) is 1. The molecule has 0 radical (unpaired) electrons. The van der Waals surface area contributed by atoms with Crippen LogP contribution in [-0.4, -0.2) is 50.1 Å². The third-order valence-electron chi connectivity index (χ3n) is 4.92. The van der Waals surface area contributed by atoms with Crippen molar-refractivity contribution in [3.63, 3.8) is 0 Å². The summed E-state index contributed by atoms with van der Waals surface area (Å²) in [4.78, 5) is 16.9. The van der Waals surface area contributed by atoms with Crippen molar-refractivity contribution in [1.29, 1.82) is 0 Å². The van der Waals surface area contributed by atoms with Gasteiger partial charge in [-0.1, -0.05) is 24.6 Å². The maximum atomic E-state index is 12.8. The van der Waals surface area contributed by atoms with Crippen LogP contribution in [0.2, 0.25) is 5.02 Å². The van der Waals surface area contributed by atoms with E-state index in [-0.39, 0.29) is 5.75 Å². The SMILES string of the molecule is CCN1CCN(c2ccc(Cl)cc2NC(=O)COc2cccc(C(F)(F)F)c2)CC1. The molecule has 0 aromatic heterocycles. The monoisotopic (exact) mass is 441 g/mol. The lowest BCUT2D eigenvalue weighted by Crippen LogP contribution is -2.46. The van der Waals surface area contributed by atoms with Gasteiger partial charge in [-0.25, -0.2) is 0 Å². The van der Waals surface area contributed by atoms with E-state index in [0.29, 0.717) is 10.7 Å². The molecule has 5 nitrogen and oxygen atoms in total. The van der Waals surface area contributed by atoms with Crippen molar-refractivity contribution in [2.24, 2.45) is 0 Å². The van der Waals surface area contributed by atoms with Gasteiger partial charge in [0.2, 0.25) is 0 Å². The summed E-state index contributed by atoms with van der Waals surface area (Å²) < 4.78 is 43.7. The minimum Gasteiger partial charge on any atom is -0.484 e. The molecule has 0 unspecified atom stereocenters. The van der Waals surface area contributed by atoms with Gasteiger partial charge in [0.25, 0.3) is 5.91 Å². The number of carbonyl (C=O) groups is 1. The number of halogens is 4. The Labute approximate surface area is 178 Å². The Balaban J connectivity index is 1.65. The Morgan fingerprint density at radius 2 is 1.87 bits per heavy atom. The van der Waals surface area contributed by atoms with Gasteiger partial charge in [-0.05, 0) is 42.9 Å². The van der Waals surface area contributed by atoms with Crippen LogP contribution in [-0.2, 0) is 11.0 Å². The zero-order chi connectivity index (χ0) is 21.7. The first-order valence-electron chi connectivity index (χ1n) is 9.63. The van der Waals surface area contributed by atoms with Gasteiger partial charge in [0.15, 0.2) is 6.61 Å². The first-order chi connectivity index (χ1) is 14.3. The zero-order valence-corrected chi connectivity index (χ0v) is 17.3. The van der Waals surface area contributed by atoms with Gasteiger partial charge in [-0.2, -0.15) is 13.2 Å². The van der Waals surface area contributed by atoms with E-state index in [9.17, 15) is 18.0 Å². The summed E-state index contributed by atoms with van der Waals surface area (Å²) in [6.07, 6.45) is -4.47. The normalized spacial score (nSPS) is 15.2. The maximum Gasteiger partial charge on any atom is 0.416 e. The molecule has 0 spiro atoms. The molecule has 0 saturated carbocycles. The highest BCUT2D eigenvalue weighted by Crippen LogP contribution is 2.32. The van der Waals surface area contributed by atoms with Gasteiger partial charge in [-0.3, -0.25) is 4.79 Å². The van der Waals surface area contributed by atoms with E-state index in [1.807, 2.05) is 6.07 Å². The maximum absolute atomic E-state index is 12.8. The lowest BCUT2D eigenvalue weighted by atomic mass is 10.2. The van der Waals surface area contributed by atoms with Crippen molar-refractivity contribution in [3.05, 3.63) is 53.1 Å². The topological polar surface area (TPSA) is 44.8 Å². The fourth-order valence-corrected chi connectivity index (χ4v) is 3.46. The Morgan fingerprint density at radius 3 is 2.53 bits per heavy atom. The number of hydrogen-bond acceptors (Lipinski definition) is 4. The number of rotatable bonds is 6. The number of likely N-dealkylation sites (N-methyl/N-ethyl adjacent to an activating group) is 1. The number of amides is 1. The number of alkyl halides is 3. The molecule has 2 aromatic carbocycles. The summed E-state index contributed by atoms with van der Waals surface area (Å²) in [6, 6.07) is 9.70. The van der Waals surface area contributed by atoms with E-state index in [2.05, 4.69) is 22.0 Å². The molecule has 9 heteroatoms. The molecule has 1 aliphatic heterocycles. The smallest absolute Gasteiger partial charge is 0.416 e. The summed E-state index contributed by atoms with van der Waals surface area (Å²) in [5.41, 5.74) is 0.566. The Morgan fingerprint density at radius 1 is 1.13 bits per heavy atom. The molecule has 1 saturated heterocycles. The van der Waals surface area contributed by atoms with Gasteiger partial charge in [0, 0.05) is 31.2 Å². The second-order valence-electron chi connectivity index (χ2n) is 6.95. The average Bonchev–Trinajstić information content (AvgIpc) is 2.72. The third-order valence-corrected chi connectivity index (χ3v) is 5.16. The van der Waals surface area contributed by atoms with Crippen molar-refractivity contribution in [2.75, 3.05) is 49.5 Å². The lowest BCUT2D eigenvalue weighted by molar-refractivity contribution is -0.137. The second kappa shape index (κ2) is 9.57. The number of piperazine rings is 1. The Hall–Kier alpha value is -2.45. The van der Waals surface area contributed by atoms with E-state index in [4.69, 9.17) is 16.3 Å². The number of nitrogens with one attached hydrogen (secondary N) is 1. The number of hydrogen-bond donors (Lipinski definition) is 1. The molecule has 1 N–H and O–H groups in total. The van der Waals surface area contributed by atoms with E-state index < -0.39 is 24.3 Å². The van der Waals surface area contributed by atoms with Gasteiger partial charge < -0.3 is 19.9 Å². The van der Waals surface area contributed by atoms with Crippen molar-refractivity contribution >= 4 is 28.9 Å². The standard InChI is InChI=1S/C21H23ClF3N3O2/c1-2-27-8-10-28(11-9-27)19-7-6-16(22)13-18(19)26-20(29)14-30-17-5-3-4-15(12-17)21(23,24)25/h3-7,12-13H,2,8-11,14H2,1H3,(H,26,29). The molecule has 0 bridgehead atoms. The van der Waals surface area contributed by atoms with Crippen LogP contribution < -0.4 is 15.0 Å². The minimum atomic E-state index is -4.47. The highest BCUT2D eigenvalue weighted by molar-refractivity contribution is 6.31. The predicted molar refractivity (Wildman–Crippen MR) is 111 cm³/mol.